The van der Waals surface area contributed by atoms with E-state index < -0.39 is 0 Å². The van der Waals surface area contributed by atoms with Gasteiger partial charge in [0.2, 0.25) is 5.82 Å². The summed E-state index contributed by atoms with van der Waals surface area (Å²) in [7, 11) is 0. The monoisotopic (exact) mass is 352 g/mol. The normalized spacial score (nSPS) is 15.1. The van der Waals surface area contributed by atoms with E-state index in [0.29, 0.717) is 5.69 Å². The highest BCUT2D eigenvalue weighted by atomic mass is 16.5. The smallest absolute Gasteiger partial charge is 0.316 e. The van der Waals surface area contributed by atoms with Crippen molar-refractivity contribution in [1.29, 1.82) is 0 Å². The van der Waals surface area contributed by atoms with Crippen molar-refractivity contribution in [2.24, 2.45) is 0 Å². The lowest BCUT2D eigenvalue weighted by Crippen LogP contribution is -2.36. The number of aromatic nitrogens is 5. The Hall–Kier alpha value is -3.03. The minimum atomic E-state index is -0.332. The summed E-state index contributed by atoms with van der Waals surface area (Å²) in [4.78, 5) is 16.4. The number of rotatable bonds is 4. The van der Waals surface area contributed by atoms with Gasteiger partial charge < -0.3 is 9.84 Å². The summed E-state index contributed by atoms with van der Waals surface area (Å²) in [6.45, 7) is 2.02. The van der Waals surface area contributed by atoms with Crippen molar-refractivity contribution in [3.63, 3.8) is 0 Å². The number of carbonyl (C=O) groups is 1. The molecule has 2 heterocycles. The van der Waals surface area contributed by atoms with Gasteiger partial charge in [-0.05, 0) is 31.9 Å². The molecule has 134 valence electrons. The molecule has 2 aromatic heterocycles. The summed E-state index contributed by atoms with van der Waals surface area (Å²) in [6, 6.07) is 8.09. The standard InChI is InChI=1S/C18H20N6O2/c1-12-7-9-14(10-8-12)24-11-15(21-23-24)16-20-18(26-22-16)17(25)19-13-5-3-2-4-6-13/h7-11,13H,2-6H2,1H3,(H,19,25). The predicted octanol–water partition coefficient (Wildman–Crippen LogP) is 2.69. The molecule has 8 nitrogen and oxygen atoms in total. The van der Waals surface area contributed by atoms with E-state index in [2.05, 4.69) is 25.8 Å². The first-order chi connectivity index (χ1) is 12.7. The molecule has 26 heavy (non-hydrogen) atoms. The Labute approximate surface area is 150 Å². The Balaban J connectivity index is 1.47. The van der Waals surface area contributed by atoms with E-state index in [1.54, 1.807) is 10.9 Å². The molecule has 3 aromatic rings. The first kappa shape index (κ1) is 16.4. The number of amides is 1. The van der Waals surface area contributed by atoms with Gasteiger partial charge in [-0.2, -0.15) is 4.98 Å². The van der Waals surface area contributed by atoms with Crippen LogP contribution >= 0.6 is 0 Å². The zero-order valence-corrected chi connectivity index (χ0v) is 14.6. The minimum Gasteiger partial charge on any atom is -0.345 e. The molecule has 8 heteroatoms. The molecule has 1 amide bonds. The molecule has 0 saturated heterocycles. The number of aryl methyl sites for hydroxylation is 1. The Morgan fingerprint density at radius 3 is 2.73 bits per heavy atom. The van der Waals surface area contributed by atoms with Gasteiger partial charge in [0.1, 0.15) is 0 Å². The van der Waals surface area contributed by atoms with Crippen LogP contribution < -0.4 is 5.32 Å². The third-order valence-electron chi connectivity index (χ3n) is 4.58. The number of nitrogens with zero attached hydrogens (tertiary/aromatic N) is 5. The van der Waals surface area contributed by atoms with Crippen LogP contribution in [0.15, 0.2) is 35.0 Å². The van der Waals surface area contributed by atoms with Gasteiger partial charge in [0.05, 0.1) is 11.9 Å². The molecule has 0 aliphatic heterocycles. The SMILES string of the molecule is Cc1ccc(-n2cc(-c3noc(C(=O)NC4CCCCC4)n3)nn2)cc1. The highest BCUT2D eigenvalue weighted by Crippen LogP contribution is 2.18. The average molecular weight is 352 g/mol. The number of benzene rings is 1. The summed E-state index contributed by atoms with van der Waals surface area (Å²) >= 11 is 0. The van der Waals surface area contributed by atoms with Gasteiger partial charge in [0, 0.05) is 6.04 Å². The minimum absolute atomic E-state index is 0.0459. The Morgan fingerprint density at radius 2 is 1.96 bits per heavy atom. The molecular weight excluding hydrogens is 332 g/mol. The van der Waals surface area contributed by atoms with Crippen LogP contribution in [-0.2, 0) is 0 Å². The van der Waals surface area contributed by atoms with Crippen molar-refractivity contribution < 1.29 is 9.32 Å². The molecule has 0 bridgehead atoms. The average Bonchev–Trinajstić information content (AvgIpc) is 3.33. The van der Waals surface area contributed by atoms with E-state index in [-0.39, 0.29) is 23.7 Å². The third kappa shape index (κ3) is 3.49. The Kier molecular flexibility index (Phi) is 4.47. The van der Waals surface area contributed by atoms with E-state index in [1.165, 1.54) is 12.0 Å². The van der Waals surface area contributed by atoms with E-state index in [9.17, 15) is 4.79 Å². The van der Waals surface area contributed by atoms with Gasteiger partial charge in [0.25, 0.3) is 0 Å². The molecule has 0 unspecified atom stereocenters. The molecule has 1 saturated carbocycles. The maximum absolute atomic E-state index is 12.3. The second-order valence-electron chi connectivity index (χ2n) is 6.62. The van der Waals surface area contributed by atoms with Crippen molar-refractivity contribution >= 4 is 5.91 Å². The van der Waals surface area contributed by atoms with Crippen LogP contribution in [-0.4, -0.2) is 37.1 Å². The number of nitrogens with one attached hydrogen (secondary N) is 1. The van der Waals surface area contributed by atoms with Gasteiger partial charge in [0.15, 0.2) is 5.69 Å². The zero-order valence-electron chi connectivity index (χ0n) is 14.6. The van der Waals surface area contributed by atoms with Crippen LogP contribution in [0.2, 0.25) is 0 Å². The van der Waals surface area contributed by atoms with Crippen LogP contribution in [0.25, 0.3) is 17.2 Å². The summed E-state index contributed by atoms with van der Waals surface area (Å²) < 4.78 is 6.73. The maximum atomic E-state index is 12.3. The quantitative estimate of drug-likeness (QED) is 0.775. The zero-order chi connectivity index (χ0) is 17.9. The molecule has 0 radical (unpaired) electrons. The number of hydrogen-bond donors (Lipinski definition) is 1. The topological polar surface area (TPSA) is 98.7 Å². The molecule has 1 aromatic carbocycles. The third-order valence-corrected chi connectivity index (χ3v) is 4.58. The lowest BCUT2D eigenvalue weighted by atomic mass is 9.95. The molecule has 4 rings (SSSR count). The summed E-state index contributed by atoms with van der Waals surface area (Å²) in [5.74, 6) is -0.130. The van der Waals surface area contributed by atoms with E-state index in [0.717, 1.165) is 31.4 Å². The summed E-state index contributed by atoms with van der Waals surface area (Å²) in [5, 5.41) is 15.0. The summed E-state index contributed by atoms with van der Waals surface area (Å²) in [6.07, 6.45) is 7.21. The Bertz CT molecular complexity index is 893. The van der Waals surface area contributed by atoms with Crippen LogP contribution in [0.3, 0.4) is 0 Å². The van der Waals surface area contributed by atoms with Crippen LogP contribution in [0.1, 0.15) is 48.4 Å². The second-order valence-corrected chi connectivity index (χ2v) is 6.62. The number of carbonyl (C=O) groups excluding carboxylic acids is 1. The molecular formula is C18H20N6O2. The maximum Gasteiger partial charge on any atom is 0.316 e. The van der Waals surface area contributed by atoms with E-state index in [1.807, 2.05) is 31.2 Å². The van der Waals surface area contributed by atoms with Crippen molar-refractivity contribution in [2.75, 3.05) is 0 Å². The largest absolute Gasteiger partial charge is 0.345 e. The Morgan fingerprint density at radius 1 is 1.19 bits per heavy atom. The van der Waals surface area contributed by atoms with Crippen LogP contribution in [0.5, 0.6) is 0 Å². The highest BCUT2D eigenvalue weighted by molar-refractivity contribution is 5.90. The van der Waals surface area contributed by atoms with Crippen molar-refractivity contribution in [1.82, 2.24) is 30.5 Å². The van der Waals surface area contributed by atoms with E-state index in [4.69, 9.17) is 4.52 Å². The first-order valence-corrected chi connectivity index (χ1v) is 8.83. The fourth-order valence-electron chi connectivity index (χ4n) is 3.10. The van der Waals surface area contributed by atoms with Crippen LogP contribution in [0, 0.1) is 6.92 Å². The molecule has 0 atom stereocenters. The number of hydrogen-bond acceptors (Lipinski definition) is 6. The van der Waals surface area contributed by atoms with Gasteiger partial charge in [-0.3, -0.25) is 4.79 Å². The van der Waals surface area contributed by atoms with Gasteiger partial charge in [-0.15, -0.1) is 5.10 Å². The second kappa shape index (κ2) is 7.07. The van der Waals surface area contributed by atoms with Gasteiger partial charge >= 0.3 is 11.8 Å². The molecule has 1 aliphatic carbocycles. The lowest BCUT2D eigenvalue weighted by Gasteiger charge is -2.21. The van der Waals surface area contributed by atoms with Crippen molar-refractivity contribution in [2.45, 2.75) is 45.1 Å². The van der Waals surface area contributed by atoms with Gasteiger partial charge in [-0.25, -0.2) is 4.68 Å². The van der Waals surface area contributed by atoms with Crippen LogP contribution in [0.4, 0.5) is 0 Å². The fraction of sp³-hybridized carbons (Fsp3) is 0.389. The lowest BCUT2D eigenvalue weighted by molar-refractivity contribution is 0.0883. The van der Waals surface area contributed by atoms with Crippen molar-refractivity contribution in [3.05, 3.63) is 41.9 Å². The molecule has 1 aliphatic rings. The first-order valence-electron chi connectivity index (χ1n) is 8.83. The predicted molar refractivity (Wildman–Crippen MR) is 93.7 cm³/mol. The fourth-order valence-corrected chi connectivity index (χ4v) is 3.10. The molecule has 1 N–H and O–H groups in total. The molecule has 0 spiro atoms. The molecule has 1 fully saturated rings. The van der Waals surface area contributed by atoms with E-state index >= 15 is 0 Å². The van der Waals surface area contributed by atoms with Crippen molar-refractivity contribution in [3.8, 4) is 17.2 Å². The highest BCUT2D eigenvalue weighted by Gasteiger charge is 2.22. The summed E-state index contributed by atoms with van der Waals surface area (Å²) in [5.41, 5.74) is 2.50. The van der Waals surface area contributed by atoms with Gasteiger partial charge in [-0.1, -0.05) is 47.3 Å².